The number of aromatic amines is 1. The molecule has 7 heteroatoms. The summed E-state index contributed by atoms with van der Waals surface area (Å²) in [4.78, 5) is 29.2. The van der Waals surface area contributed by atoms with E-state index in [9.17, 15) is 4.79 Å². The highest BCUT2D eigenvalue weighted by atomic mass is 16.2. The minimum Gasteiger partial charge on any atom is -0.356 e. The summed E-state index contributed by atoms with van der Waals surface area (Å²) >= 11 is 0. The van der Waals surface area contributed by atoms with Crippen LogP contribution in [0.3, 0.4) is 0 Å². The molecular weight excluding hydrogens is 364 g/mol. The second-order valence-electron chi connectivity index (χ2n) is 8.30. The van der Waals surface area contributed by atoms with E-state index in [2.05, 4.69) is 51.0 Å². The van der Waals surface area contributed by atoms with Crippen molar-refractivity contribution in [2.45, 2.75) is 37.3 Å². The van der Waals surface area contributed by atoms with Gasteiger partial charge < -0.3 is 20.5 Å². The molecule has 0 radical (unpaired) electrons. The number of anilines is 1. The minimum absolute atomic E-state index is 0.0967. The fourth-order valence-corrected chi connectivity index (χ4v) is 4.52. The number of hydrogen-bond donors (Lipinski definition) is 2. The number of aromatic nitrogens is 3. The predicted molar refractivity (Wildman–Crippen MR) is 113 cm³/mol. The lowest BCUT2D eigenvalue weighted by Crippen LogP contribution is -2.58. The Morgan fingerprint density at radius 3 is 2.72 bits per heavy atom. The monoisotopic (exact) mass is 390 g/mol. The average molecular weight is 390 g/mol. The van der Waals surface area contributed by atoms with Crippen LogP contribution in [0.4, 0.5) is 5.82 Å². The van der Waals surface area contributed by atoms with Crippen molar-refractivity contribution < 1.29 is 4.79 Å². The molecule has 0 bridgehead atoms. The number of nitrogens with two attached hydrogens (primary N) is 1. The Kier molecular flexibility index (Phi) is 4.28. The number of carbonyl (C=O) groups excluding carboxylic acids is 1. The molecule has 0 saturated carbocycles. The molecule has 0 aliphatic carbocycles. The molecule has 1 aromatic carbocycles. The van der Waals surface area contributed by atoms with Gasteiger partial charge in [0.1, 0.15) is 17.8 Å². The number of carbonyl (C=O) groups is 1. The molecule has 3 aromatic rings. The molecule has 5 rings (SSSR count). The number of rotatable bonds is 4. The minimum atomic E-state index is -0.786. The Bertz CT molecular complexity index is 1020. The van der Waals surface area contributed by atoms with Gasteiger partial charge in [-0.05, 0) is 24.5 Å². The molecule has 29 heavy (non-hydrogen) atoms. The largest absolute Gasteiger partial charge is 0.356 e. The zero-order valence-electron chi connectivity index (χ0n) is 16.6. The summed E-state index contributed by atoms with van der Waals surface area (Å²) in [6.07, 6.45) is 4.71. The number of piperidine rings is 1. The molecule has 2 aromatic heterocycles. The Morgan fingerprint density at radius 1 is 1.21 bits per heavy atom. The van der Waals surface area contributed by atoms with Crippen LogP contribution in [0, 0.1) is 0 Å². The fourth-order valence-electron chi connectivity index (χ4n) is 4.52. The number of amides is 1. The third-order valence-corrected chi connectivity index (χ3v) is 6.53. The van der Waals surface area contributed by atoms with Crippen LogP contribution in [0.25, 0.3) is 11.0 Å². The molecule has 2 unspecified atom stereocenters. The van der Waals surface area contributed by atoms with Crippen molar-refractivity contribution in [3.63, 3.8) is 0 Å². The van der Waals surface area contributed by atoms with Crippen molar-refractivity contribution in [1.29, 1.82) is 0 Å². The molecule has 2 aliphatic rings. The molecule has 2 aliphatic heterocycles. The molecule has 3 N–H and O–H groups in total. The van der Waals surface area contributed by atoms with Crippen molar-refractivity contribution in [3.05, 3.63) is 54.5 Å². The van der Waals surface area contributed by atoms with Gasteiger partial charge >= 0.3 is 0 Å². The number of hydrogen-bond acceptors (Lipinski definition) is 5. The SMILES string of the molecule is CC(c1ccccc1)C1CN1C(=O)C1(N)CCN(c2ncnc3[nH]ccc23)CC1. The van der Waals surface area contributed by atoms with Gasteiger partial charge in [0.2, 0.25) is 5.91 Å². The molecular formula is C22H26N6O. The Balaban J connectivity index is 1.25. The standard InChI is InChI=1S/C22H26N6O/c1-15(16-5-3-2-4-6-16)18-13-28(18)21(29)22(23)8-11-27(12-9-22)20-17-7-10-24-19(17)25-14-26-20/h2-7,10,14-15,18H,8-9,11-13,23H2,1H3,(H,24,25,26). The van der Waals surface area contributed by atoms with Crippen molar-refractivity contribution in [1.82, 2.24) is 19.9 Å². The Morgan fingerprint density at radius 2 is 1.97 bits per heavy atom. The second-order valence-corrected chi connectivity index (χ2v) is 8.30. The van der Waals surface area contributed by atoms with E-state index in [1.807, 2.05) is 23.2 Å². The second kappa shape index (κ2) is 6.84. The predicted octanol–water partition coefficient (Wildman–Crippen LogP) is 2.27. The number of nitrogens with one attached hydrogen (secondary N) is 1. The quantitative estimate of drug-likeness (QED) is 0.667. The molecule has 2 fully saturated rings. The molecule has 150 valence electrons. The molecule has 2 atom stereocenters. The Hall–Kier alpha value is -2.93. The van der Waals surface area contributed by atoms with Crippen molar-refractivity contribution in [2.24, 2.45) is 5.73 Å². The van der Waals surface area contributed by atoms with Crippen LogP contribution in [0.5, 0.6) is 0 Å². The van der Waals surface area contributed by atoms with Gasteiger partial charge in [0.05, 0.1) is 17.0 Å². The first kappa shape index (κ1) is 18.1. The third kappa shape index (κ3) is 3.15. The summed E-state index contributed by atoms with van der Waals surface area (Å²) in [5.74, 6) is 1.33. The Labute approximate surface area is 169 Å². The molecule has 7 nitrogen and oxygen atoms in total. The fraction of sp³-hybridized carbons (Fsp3) is 0.409. The highest BCUT2D eigenvalue weighted by Gasteiger charge is 2.50. The molecule has 4 heterocycles. The van der Waals surface area contributed by atoms with Crippen molar-refractivity contribution in [2.75, 3.05) is 24.5 Å². The zero-order valence-corrected chi connectivity index (χ0v) is 16.6. The first-order chi connectivity index (χ1) is 14.1. The van der Waals surface area contributed by atoms with Crippen LogP contribution < -0.4 is 10.6 Å². The van der Waals surface area contributed by atoms with E-state index in [4.69, 9.17) is 5.73 Å². The van der Waals surface area contributed by atoms with Gasteiger partial charge in [-0.15, -0.1) is 0 Å². The highest BCUT2D eigenvalue weighted by Crippen LogP contribution is 2.37. The number of benzene rings is 1. The summed E-state index contributed by atoms with van der Waals surface area (Å²) in [6.45, 7) is 4.42. The van der Waals surface area contributed by atoms with E-state index in [-0.39, 0.29) is 11.9 Å². The van der Waals surface area contributed by atoms with Gasteiger partial charge in [0, 0.05) is 31.7 Å². The summed E-state index contributed by atoms with van der Waals surface area (Å²) in [6, 6.07) is 12.6. The van der Waals surface area contributed by atoms with E-state index >= 15 is 0 Å². The van der Waals surface area contributed by atoms with Crippen LogP contribution in [-0.4, -0.2) is 57.0 Å². The lowest BCUT2D eigenvalue weighted by atomic mass is 9.87. The topological polar surface area (TPSA) is 90.9 Å². The lowest BCUT2D eigenvalue weighted by molar-refractivity contribution is -0.132. The molecule has 2 saturated heterocycles. The van der Waals surface area contributed by atoms with Crippen LogP contribution in [0.15, 0.2) is 48.9 Å². The van der Waals surface area contributed by atoms with Gasteiger partial charge in [0.25, 0.3) is 0 Å². The van der Waals surface area contributed by atoms with Crippen LogP contribution in [-0.2, 0) is 4.79 Å². The summed E-state index contributed by atoms with van der Waals surface area (Å²) in [5, 5.41) is 1.01. The van der Waals surface area contributed by atoms with Crippen LogP contribution in [0.1, 0.15) is 31.2 Å². The van der Waals surface area contributed by atoms with Gasteiger partial charge in [0.15, 0.2) is 0 Å². The lowest BCUT2D eigenvalue weighted by Gasteiger charge is -2.39. The maximum Gasteiger partial charge on any atom is 0.243 e. The van der Waals surface area contributed by atoms with Gasteiger partial charge in [-0.25, -0.2) is 9.97 Å². The normalized spacial score (nSPS) is 21.9. The maximum absolute atomic E-state index is 13.2. The number of nitrogens with zero attached hydrogens (tertiary/aromatic N) is 4. The first-order valence-electron chi connectivity index (χ1n) is 10.2. The van der Waals surface area contributed by atoms with E-state index in [0.717, 1.165) is 23.4 Å². The average Bonchev–Trinajstić information content (AvgIpc) is 3.41. The van der Waals surface area contributed by atoms with Crippen LogP contribution >= 0.6 is 0 Å². The number of fused-ring (bicyclic) bond motifs is 1. The van der Waals surface area contributed by atoms with Gasteiger partial charge in [-0.1, -0.05) is 37.3 Å². The summed E-state index contributed by atoms with van der Waals surface area (Å²) in [7, 11) is 0. The maximum atomic E-state index is 13.2. The zero-order chi connectivity index (χ0) is 20.0. The van der Waals surface area contributed by atoms with E-state index in [1.54, 1.807) is 6.33 Å². The van der Waals surface area contributed by atoms with Gasteiger partial charge in [-0.3, -0.25) is 4.79 Å². The van der Waals surface area contributed by atoms with E-state index in [0.29, 0.717) is 31.8 Å². The van der Waals surface area contributed by atoms with Crippen molar-refractivity contribution in [3.8, 4) is 0 Å². The summed E-state index contributed by atoms with van der Waals surface area (Å²) < 4.78 is 0. The highest BCUT2D eigenvalue weighted by molar-refractivity contribution is 5.90. The first-order valence-corrected chi connectivity index (χ1v) is 10.2. The summed E-state index contributed by atoms with van der Waals surface area (Å²) in [5.41, 5.74) is 7.94. The third-order valence-electron chi connectivity index (χ3n) is 6.53. The van der Waals surface area contributed by atoms with E-state index < -0.39 is 5.54 Å². The van der Waals surface area contributed by atoms with Gasteiger partial charge in [-0.2, -0.15) is 0 Å². The smallest absolute Gasteiger partial charge is 0.243 e. The van der Waals surface area contributed by atoms with Crippen LogP contribution in [0.2, 0.25) is 0 Å². The molecule has 1 amide bonds. The molecule has 0 spiro atoms. The van der Waals surface area contributed by atoms with Crippen molar-refractivity contribution >= 4 is 22.8 Å². The number of H-pyrrole nitrogens is 1. The van der Waals surface area contributed by atoms with E-state index in [1.165, 1.54) is 5.56 Å².